The lowest BCUT2D eigenvalue weighted by Crippen LogP contribution is -2.34. The Morgan fingerprint density at radius 2 is 2.00 bits per heavy atom. The van der Waals surface area contributed by atoms with Gasteiger partial charge in [-0.1, -0.05) is 0 Å². The van der Waals surface area contributed by atoms with Crippen LogP contribution in [0, 0.1) is 5.92 Å². The third-order valence-corrected chi connectivity index (χ3v) is 2.52. The first-order valence-corrected chi connectivity index (χ1v) is 4.62. The Kier molecular flexibility index (Phi) is 3.36. The van der Waals surface area contributed by atoms with E-state index >= 15 is 0 Å². The first-order chi connectivity index (χ1) is 6.02. The highest BCUT2D eigenvalue weighted by molar-refractivity contribution is 5.82. The monoisotopic (exact) mass is 191 g/mol. The average Bonchev–Trinajstić information content (AvgIpc) is 2.05. The quantitative estimate of drug-likeness (QED) is 0.734. The van der Waals surface area contributed by atoms with Gasteiger partial charge in [0.1, 0.15) is 0 Å². The SMILES string of the molecule is CC(=O)C(F)(F)CC1CCNCC1. The molecule has 0 spiro atoms. The zero-order valence-electron chi connectivity index (χ0n) is 7.78. The molecule has 0 bridgehead atoms. The molecule has 0 radical (unpaired) electrons. The number of carbonyl (C=O) groups excluding carboxylic acids is 1. The average molecular weight is 191 g/mol. The maximum Gasteiger partial charge on any atom is 0.305 e. The summed E-state index contributed by atoms with van der Waals surface area (Å²) in [6.07, 6.45) is 1.23. The van der Waals surface area contributed by atoms with Crippen LogP contribution >= 0.6 is 0 Å². The number of carbonyl (C=O) groups is 1. The van der Waals surface area contributed by atoms with Crippen molar-refractivity contribution in [2.75, 3.05) is 13.1 Å². The van der Waals surface area contributed by atoms with Crippen LogP contribution < -0.4 is 5.32 Å². The number of ketones is 1. The molecule has 0 atom stereocenters. The molecule has 0 aromatic carbocycles. The summed E-state index contributed by atoms with van der Waals surface area (Å²) in [5.74, 6) is -4.12. The van der Waals surface area contributed by atoms with E-state index in [1.807, 2.05) is 0 Å². The Hall–Kier alpha value is -0.510. The van der Waals surface area contributed by atoms with E-state index in [4.69, 9.17) is 0 Å². The molecule has 0 aliphatic carbocycles. The second-order valence-corrected chi connectivity index (χ2v) is 3.66. The minimum absolute atomic E-state index is 0.000139. The molecule has 1 saturated heterocycles. The van der Waals surface area contributed by atoms with Crippen LogP contribution in [0.3, 0.4) is 0 Å². The fraction of sp³-hybridized carbons (Fsp3) is 0.889. The van der Waals surface area contributed by atoms with Crippen molar-refractivity contribution >= 4 is 5.78 Å². The topological polar surface area (TPSA) is 29.1 Å². The summed E-state index contributed by atoms with van der Waals surface area (Å²) >= 11 is 0. The molecule has 0 unspecified atom stereocenters. The van der Waals surface area contributed by atoms with Gasteiger partial charge in [-0.25, -0.2) is 0 Å². The highest BCUT2D eigenvalue weighted by atomic mass is 19.3. The van der Waals surface area contributed by atoms with E-state index in [1.165, 1.54) is 0 Å². The van der Waals surface area contributed by atoms with Crippen LogP contribution in [0.25, 0.3) is 0 Å². The van der Waals surface area contributed by atoms with Crippen molar-refractivity contribution in [2.45, 2.75) is 32.1 Å². The van der Waals surface area contributed by atoms with E-state index in [-0.39, 0.29) is 12.3 Å². The standard InChI is InChI=1S/C9H15F2NO/c1-7(13)9(10,11)6-8-2-4-12-5-3-8/h8,12H,2-6H2,1H3. The van der Waals surface area contributed by atoms with E-state index in [1.54, 1.807) is 0 Å². The van der Waals surface area contributed by atoms with Crippen molar-refractivity contribution < 1.29 is 13.6 Å². The normalized spacial score (nSPS) is 20.2. The fourth-order valence-electron chi connectivity index (χ4n) is 1.59. The number of hydrogen-bond donors (Lipinski definition) is 1. The number of hydrogen-bond acceptors (Lipinski definition) is 2. The minimum atomic E-state index is -3.11. The first kappa shape index (κ1) is 10.6. The summed E-state index contributed by atoms with van der Waals surface area (Å²) in [6, 6.07) is 0. The number of halogens is 2. The van der Waals surface area contributed by atoms with E-state index in [0.717, 1.165) is 32.9 Å². The molecule has 13 heavy (non-hydrogen) atoms. The summed E-state index contributed by atoms with van der Waals surface area (Å²) in [5, 5.41) is 3.10. The molecule has 1 fully saturated rings. The molecule has 1 rings (SSSR count). The van der Waals surface area contributed by atoms with E-state index in [0.29, 0.717) is 0 Å². The number of alkyl halides is 2. The fourth-order valence-corrected chi connectivity index (χ4v) is 1.59. The molecule has 76 valence electrons. The van der Waals surface area contributed by atoms with Gasteiger partial charge in [0.2, 0.25) is 0 Å². The predicted molar refractivity (Wildman–Crippen MR) is 45.8 cm³/mol. The number of nitrogens with one attached hydrogen (secondary N) is 1. The van der Waals surface area contributed by atoms with Crippen molar-refractivity contribution in [3.63, 3.8) is 0 Å². The highest BCUT2D eigenvalue weighted by Crippen LogP contribution is 2.28. The lowest BCUT2D eigenvalue weighted by molar-refractivity contribution is -0.143. The Morgan fingerprint density at radius 1 is 1.46 bits per heavy atom. The van der Waals surface area contributed by atoms with E-state index in [9.17, 15) is 13.6 Å². The van der Waals surface area contributed by atoms with Gasteiger partial charge in [-0.05, 0) is 31.8 Å². The number of rotatable bonds is 3. The maximum atomic E-state index is 13.0. The molecule has 1 aliphatic rings. The Morgan fingerprint density at radius 3 is 2.46 bits per heavy atom. The molecule has 1 N–H and O–H groups in total. The summed E-state index contributed by atoms with van der Waals surface area (Å²) in [5.41, 5.74) is 0. The maximum absolute atomic E-state index is 13.0. The smallest absolute Gasteiger partial charge is 0.305 e. The van der Waals surface area contributed by atoms with Crippen LogP contribution in [-0.2, 0) is 4.79 Å². The van der Waals surface area contributed by atoms with Gasteiger partial charge >= 0.3 is 5.92 Å². The van der Waals surface area contributed by atoms with Crippen molar-refractivity contribution in [3.05, 3.63) is 0 Å². The van der Waals surface area contributed by atoms with Gasteiger partial charge in [0, 0.05) is 13.3 Å². The molecule has 0 saturated carbocycles. The molecule has 1 heterocycles. The zero-order chi connectivity index (χ0) is 9.90. The van der Waals surface area contributed by atoms with Crippen LogP contribution in [-0.4, -0.2) is 24.8 Å². The number of Topliss-reactive ketones (excluding diaryl/α,β-unsaturated/α-hetero) is 1. The van der Waals surface area contributed by atoms with Crippen LogP contribution in [0.1, 0.15) is 26.2 Å². The largest absolute Gasteiger partial charge is 0.317 e. The third-order valence-electron chi connectivity index (χ3n) is 2.52. The van der Waals surface area contributed by atoms with Crippen molar-refractivity contribution in [3.8, 4) is 0 Å². The third kappa shape index (κ3) is 3.03. The van der Waals surface area contributed by atoms with Crippen LogP contribution in [0.5, 0.6) is 0 Å². The Balaban J connectivity index is 2.41. The second-order valence-electron chi connectivity index (χ2n) is 3.66. The first-order valence-electron chi connectivity index (χ1n) is 4.62. The minimum Gasteiger partial charge on any atom is -0.317 e. The Bertz CT molecular complexity index is 188. The Labute approximate surface area is 76.7 Å². The molecule has 0 amide bonds. The van der Waals surface area contributed by atoms with Gasteiger partial charge in [-0.3, -0.25) is 4.79 Å². The van der Waals surface area contributed by atoms with Gasteiger partial charge in [0.15, 0.2) is 5.78 Å². The second kappa shape index (κ2) is 4.13. The lowest BCUT2D eigenvalue weighted by atomic mass is 9.90. The summed E-state index contributed by atoms with van der Waals surface area (Å²) in [4.78, 5) is 10.6. The van der Waals surface area contributed by atoms with Crippen LogP contribution in [0.15, 0.2) is 0 Å². The van der Waals surface area contributed by atoms with Crippen molar-refractivity contribution in [2.24, 2.45) is 5.92 Å². The molecular formula is C9H15F2NO. The summed E-state index contributed by atoms with van der Waals surface area (Å²) < 4.78 is 25.9. The van der Waals surface area contributed by atoms with Crippen LogP contribution in [0.2, 0.25) is 0 Å². The van der Waals surface area contributed by atoms with Crippen LogP contribution in [0.4, 0.5) is 8.78 Å². The van der Waals surface area contributed by atoms with Gasteiger partial charge in [-0.2, -0.15) is 8.78 Å². The van der Waals surface area contributed by atoms with Crippen molar-refractivity contribution in [1.82, 2.24) is 5.32 Å². The summed E-state index contributed by atoms with van der Waals surface area (Å²) in [7, 11) is 0. The molecular weight excluding hydrogens is 176 g/mol. The number of piperidine rings is 1. The van der Waals surface area contributed by atoms with E-state index in [2.05, 4.69) is 5.32 Å². The highest BCUT2D eigenvalue weighted by Gasteiger charge is 2.37. The summed E-state index contributed by atoms with van der Waals surface area (Å²) in [6.45, 7) is 2.54. The van der Waals surface area contributed by atoms with Crippen molar-refractivity contribution in [1.29, 1.82) is 0 Å². The molecule has 4 heteroatoms. The molecule has 0 aromatic rings. The van der Waals surface area contributed by atoms with E-state index < -0.39 is 11.7 Å². The van der Waals surface area contributed by atoms with Gasteiger partial charge in [0.05, 0.1) is 0 Å². The van der Waals surface area contributed by atoms with Gasteiger partial charge in [0.25, 0.3) is 0 Å². The zero-order valence-corrected chi connectivity index (χ0v) is 7.78. The molecule has 0 aromatic heterocycles. The molecule has 1 aliphatic heterocycles. The molecule has 2 nitrogen and oxygen atoms in total. The van der Waals surface area contributed by atoms with Gasteiger partial charge in [-0.15, -0.1) is 0 Å². The van der Waals surface area contributed by atoms with Gasteiger partial charge < -0.3 is 5.32 Å². The lowest BCUT2D eigenvalue weighted by Gasteiger charge is -2.25. The predicted octanol–water partition coefficient (Wildman–Crippen LogP) is 1.60.